The highest BCUT2D eigenvalue weighted by Crippen LogP contribution is 2.10. The Hall–Kier alpha value is -2.24. The molecule has 0 saturated heterocycles. The molecule has 134 valence electrons. The van der Waals surface area contributed by atoms with Crippen molar-refractivity contribution in [2.75, 3.05) is 19.5 Å². The molecule has 1 unspecified atom stereocenters. The number of benzene rings is 1. The molecule has 1 amide bonds. The lowest BCUT2D eigenvalue weighted by atomic mass is 10.0. The van der Waals surface area contributed by atoms with Crippen LogP contribution in [0.5, 0.6) is 0 Å². The average molecular weight is 334 g/mol. The van der Waals surface area contributed by atoms with Crippen LogP contribution < -0.4 is 16.0 Å². The highest BCUT2D eigenvalue weighted by Gasteiger charge is 2.06. The summed E-state index contributed by atoms with van der Waals surface area (Å²) in [5.74, 6) is 1.50. The molecule has 0 bridgehead atoms. The zero-order chi connectivity index (χ0) is 17.9. The first kappa shape index (κ1) is 19.8. The quantitative estimate of drug-likeness (QED) is 0.528. The minimum absolute atomic E-state index is 0.380. The van der Waals surface area contributed by atoms with E-state index >= 15 is 0 Å². The first-order valence-corrected chi connectivity index (χ1v) is 8.35. The summed E-state index contributed by atoms with van der Waals surface area (Å²) in [5.41, 5.74) is 1.80. The summed E-state index contributed by atoms with van der Waals surface area (Å²) in [6.45, 7) is 7.30. The van der Waals surface area contributed by atoms with Crippen molar-refractivity contribution in [3.63, 3.8) is 0 Å². The van der Waals surface area contributed by atoms with Crippen LogP contribution in [0.15, 0.2) is 29.3 Å². The van der Waals surface area contributed by atoms with Crippen LogP contribution in [0.3, 0.4) is 0 Å². The summed E-state index contributed by atoms with van der Waals surface area (Å²) in [6.07, 6.45) is 1.84. The van der Waals surface area contributed by atoms with Crippen molar-refractivity contribution in [2.24, 2.45) is 10.9 Å². The molecule has 0 heterocycles. The third-order valence-corrected chi connectivity index (χ3v) is 3.63. The predicted molar refractivity (Wildman–Crippen MR) is 99.3 cm³/mol. The highest BCUT2D eigenvalue weighted by atomic mass is 16.5. The van der Waals surface area contributed by atoms with Gasteiger partial charge in [0.15, 0.2) is 5.96 Å². The maximum absolute atomic E-state index is 11.1. The van der Waals surface area contributed by atoms with Gasteiger partial charge in [-0.2, -0.15) is 0 Å². The molecular weight excluding hydrogens is 304 g/mol. The van der Waals surface area contributed by atoms with Gasteiger partial charge in [-0.3, -0.25) is 10.3 Å². The van der Waals surface area contributed by atoms with Crippen LogP contribution in [0.4, 0.5) is 10.5 Å². The second kappa shape index (κ2) is 10.5. The van der Waals surface area contributed by atoms with Gasteiger partial charge in [0.05, 0.1) is 7.11 Å². The summed E-state index contributed by atoms with van der Waals surface area (Å²) in [4.78, 5) is 15.4. The lowest BCUT2D eigenvalue weighted by molar-refractivity contribution is 0.187. The number of nitrogens with one attached hydrogen (secondary N) is 3. The van der Waals surface area contributed by atoms with Crippen molar-refractivity contribution < 1.29 is 9.53 Å². The lowest BCUT2D eigenvalue weighted by Gasteiger charge is -2.18. The Balaban J connectivity index is 2.44. The summed E-state index contributed by atoms with van der Waals surface area (Å²) < 4.78 is 4.56. The van der Waals surface area contributed by atoms with Crippen LogP contribution in [-0.4, -0.2) is 32.3 Å². The van der Waals surface area contributed by atoms with Crippen LogP contribution in [0.2, 0.25) is 0 Å². The minimum atomic E-state index is -0.471. The number of aliphatic imine (C=N–C) groups is 1. The molecule has 1 aromatic rings. The average Bonchev–Trinajstić information content (AvgIpc) is 2.57. The van der Waals surface area contributed by atoms with Gasteiger partial charge in [-0.1, -0.05) is 26.0 Å². The van der Waals surface area contributed by atoms with Gasteiger partial charge < -0.3 is 15.4 Å². The van der Waals surface area contributed by atoms with E-state index in [2.05, 4.69) is 46.5 Å². The largest absolute Gasteiger partial charge is 0.453 e. The molecule has 0 radical (unpaired) electrons. The number of methoxy groups -OCH3 is 1. The molecule has 0 aromatic heterocycles. The van der Waals surface area contributed by atoms with Crippen molar-refractivity contribution in [1.82, 2.24) is 10.6 Å². The van der Waals surface area contributed by atoms with Crippen LogP contribution >= 0.6 is 0 Å². The third kappa shape index (κ3) is 7.85. The fourth-order valence-electron chi connectivity index (χ4n) is 2.14. The van der Waals surface area contributed by atoms with Gasteiger partial charge in [-0.05, 0) is 43.4 Å². The number of carbonyl (C=O) groups excluding carboxylic acids is 1. The molecule has 1 rings (SSSR count). The van der Waals surface area contributed by atoms with Gasteiger partial charge in [-0.25, -0.2) is 4.79 Å². The zero-order valence-corrected chi connectivity index (χ0v) is 15.3. The van der Waals surface area contributed by atoms with Crippen molar-refractivity contribution in [3.05, 3.63) is 29.8 Å². The Kier molecular flexibility index (Phi) is 8.68. The molecule has 0 aliphatic heterocycles. The number of hydrogen-bond donors (Lipinski definition) is 3. The smallest absolute Gasteiger partial charge is 0.411 e. The molecule has 0 spiro atoms. The topological polar surface area (TPSA) is 74.8 Å². The normalized spacial score (nSPS) is 12.7. The van der Waals surface area contributed by atoms with Crippen LogP contribution in [0, 0.1) is 5.92 Å². The molecular formula is C18H30N4O2. The molecule has 1 atom stereocenters. The van der Waals surface area contributed by atoms with Crippen molar-refractivity contribution in [2.45, 2.75) is 46.2 Å². The molecule has 1 aromatic carbocycles. The summed E-state index contributed by atoms with van der Waals surface area (Å²) >= 11 is 0. The van der Waals surface area contributed by atoms with Crippen molar-refractivity contribution in [3.8, 4) is 0 Å². The van der Waals surface area contributed by atoms with E-state index in [1.165, 1.54) is 13.5 Å². The number of rotatable bonds is 7. The number of carbonyl (C=O) groups is 1. The number of nitrogens with zero attached hydrogens (tertiary/aromatic N) is 1. The first-order chi connectivity index (χ1) is 11.4. The standard InChI is InChI=1S/C18H30N4O2/c1-13(2)6-7-14(3)21-17(19-4)20-12-15-8-10-16(11-9-15)22-18(23)24-5/h8-11,13-14H,6-7,12H2,1-5H3,(H,22,23)(H2,19,20,21). The SMILES string of the molecule is CN=C(NCc1ccc(NC(=O)OC)cc1)NC(C)CCC(C)C. The Labute approximate surface area is 145 Å². The van der Waals surface area contributed by atoms with Gasteiger partial charge in [0, 0.05) is 25.3 Å². The van der Waals surface area contributed by atoms with E-state index in [1.54, 1.807) is 7.05 Å². The third-order valence-electron chi connectivity index (χ3n) is 3.63. The Morgan fingerprint density at radius 1 is 1.17 bits per heavy atom. The second-order valence-corrected chi connectivity index (χ2v) is 6.26. The van der Waals surface area contributed by atoms with Gasteiger partial charge in [0.1, 0.15) is 0 Å². The maximum Gasteiger partial charge on any atom is 0.411 e. The summed E-state index contributed by atoms with van der Waals surface area (Å²) in [6, 6.07) is 7.97. The minimum Gasteiger partial charge on any atom is -0.453 e. The van der Waals surface area contributed by atoms with E-state index in [0.29, 0.717) is 24.2 Å². The molecule has 0 fully saturated rings. The summed E-state index contributed by atoms with van der Waals surface area (Å²) in [7, 11) is 3.11. The zero-order valence-electron chi connectivity index (χ0n) is 15.3. The van der Waals surface area contributed by atoms with Gasteiger partial charge >= 0.3 is 6.09 Å². The van der Waals surface area contributed by atoms with E-state index < -0.39 is 6.09 Å². The van der Waals surface area contributed by atoms with Crippen molar-refractivity contribution >= 4 is 17.7 Å². The van der Waals surface area contributed by atoms with Gasteiger partial charge in [0.2, 0.25) is 0 Å². The lowest BCUT2D eigenvalue weighted by Crippen LogP contribution is -2.41. The van der Waals surface area contributed by atoms with Gasteiger partial charge in [0.25, 0.3) is 0 Å². The van der Waals surface area contributed by atoms with Gasteiger partial charge in [-0.15, -0.1) is 0 Å². The molecule has 0 aliphatic rings. The molecule has 6 heteroatoms. The van der Waals surface area contributed by atoms with E-state index in [-0.39, 0.29) is 0 Å². The molecule has 6 nitrogen and oxygen atoms in total. The number of anilines is 1. The van der Waals surface area contributed by atoms with Crippen LogP contribution in [0.25, 0.3) is 0 Å². The highest BCUT2D eigenvalue weighted by molar-refractivity contribution is 5.84. The van der Waals surface area contributed by atoms with E-state index in [9.17, 15) is 4.79 Å². The molecule has 3 N–H and O–H groups in total. The second-order valence-electron chi connectivity index (χ2n) is 6.26. The Morgan fingerprint density at radius 3 is 2.38 bits per heavy atom. The number of guanidine groups is 1. The maximum atomic E-state index is 11.1. The molecule has 24 heavy (non-hydrogen) atoms. The molecule has 0 aliphatic carbocycles. The van der Waals surface area contributed by atoms with E-state index in [4.69, 9.17) is 0 Å². The first-order valence-electron chi connectivity index (χ1n) is 8.35. The fourth-order valence-corrected chi connectivity index (χ4v) is 2.14. The fraction of sp³-hybridized carbons (Fsp3) is 0.556. The number of hydrogen-bond acceptors (Lipinski definition) is 3. The van der Waals surface area contributed by atoms with Crippen LogP contribution in [-0.2, 0) is 11.3 Å². The summed E-state index contributed by atoms with van der Waals surface area (Å²) in [5, 5.41) is 9.33. The molecule has 0 saturated carbocycles. The van der Waals surface area contributed by atoms with E-state index in [0.717, 1.165) is 17.9 Å². The predicted octanol–water partition coefficient (Wildman–Crippen LogP) is 3.35. The van der Waals surface area contributed by atoms with E-state index in [1.807, 2.05) is 24.3 Å². The van der Waals surface area contributed by atoms with Crippen molar-refractivity contribution in [1.29, 1.82) is 0 Å². The monoisotopic (exact) mass is 334 g/mol. The number of amides is 1. The number of ether oxygens (including phenoxy) is 1. The van der Waals surface area contributed by atoms with Crippen LogP contribution in [0.1, 0.15) is 39.2 Å². The Bertz CT molecular complexity index is 526. The Morgan fingerprint density at radius 2 is 1.83 bits per heavy atom.